The number of nitrogens with one attached hydrogen (secondary N) is 1. The van der Waals surface area contributed by atoms with Gasteiger partial charge in [0.1, 0.15) is 5.82 Å². The molecule has 1 aliphatic rings. The second-order valence-corrected chi connectivity index (χ2v) is 5.67. The van der Waals surface area contributed by atoms with Crippen molar-refractivity contribution in [3.63, 3.8) is 0 Å². The van der Waals surface area contributed by atoms with Gasteiger partial charge in [-0.1, -0.05) is 0 Å². The van der Waals surface area contributed by atoms with Gasteiger partial charge >= 0.3 is 0 Å². The highest BCUT2D eigenvalue weighted by Gasteiger charge is 2.27. The number of aryl methyl sites for hydroxylation is 1. The molecule has 0 aliphatic carbocycles. The molecule has 0 bridgehead atoms. The fourth-order valence-corrected chi connectivity index (χ4v) is 2.50. The number of piperidine rings is 1. The van der Waals surface area contributed by atoms with Gasteiger partial charge in [-0.3, -0.25) is 10.00 Å². The lowest BCUT2D eigenvalue weighted by atomic mass is 9.96. The molecule has 0 aromatic carbocycles. The molecule has 2 N–H and O–H groups in total. The molecule has 1 aromatic rings. The van der Waals surface area contributed by atoms with Crippen LogP contribution in [0.4, 0.5) is 0 Å². The van der Waals surface area contributed by atoms with E-state index >= 15 is 0 Å². The molecule has 0 radical (unpaired) electrons. The molecule has 2 rings (SSSR count). The van der Waals surface area contributed by atoms with Crippen LogP contribution < -0.4 is 0 Å². The average Bonchev–Trinajstić information content (AvgIpc) is 2.63. The number of hydrogen-bond donors (Lipinski definition) is 2. The minimum Gasteiger partial charge on any atom is -0.389 e. The lowest BCUT2D eigenvalue weighted by Crippen LogP contribution is -2.43. The van der Waals surface area contributed by atoms with Crippen LogP contribution in [-0.2, 0) is 0 Å². The van der Waals surface area contributed by atoms with Crippen molar-refractivity contribution < 1.29 is 5.11 Å². The molecule has 0 saturated carbocycles. The summed E-state index contributed by atoms with van der Waals surface area (Å²) in [6.45, 7) is 8.35. The maximum atomic E-state index is 9.85. The Hall–Kier alpha value is -0.940. The molecule has 5 nitrogen and oxygen atoms in total. The standard InChI is InChI=1S/C12H22N4O/c1-9-13-11(15-14-9)10-5-4-6-16(7-10)8-12(2,3)17/h10,17H,4-8H2,1-3H3,(H,13,14,15). The molecule has 2 heterocycles. The van der Waals surface area contributed by atoms with Crippen LogP contribution in [0.3, 0.4) is 0 Å². The van der Waals surface area contributed by atoms with Crippen LogP contribution in [-0.4, -0.2) is 50.4 Å². The van der Waals surface area contributed by atoms with Gasteiger partial charge in [-0.2, -0.15) is 5.10 Å². The number of aromatic nitrogens is 3. The van der Waals surface area contributed by atoms with E-state index in [4.69, 9.17) is 0 Å². The number of nitrogens with zero attached hydrogens (tertiary/aromatic N) is 3. The highest BCUT2D eigenvalue weighted by molar-refractivity contribution is 5.00. The zero-order chi connectivity index (χ0) is 12.5. The number of β-amino-alcohol motifs (C(OH)–C–C–N with tert-alkyl or cyclic N) is 1. The Kier molecular flexibility index (Phi) is 3.49. The zero-order valence-corrected chi connectivity index (χ0v) is 10.9. The van der Waals surface area contributed by atoms with E-state index in [2.05, 4.69) is 20.1 Å². The minimum atomic E-state index is -0.628. The van der Waals surface area contributed by atoms with Crippen LogP contribution in [0.25, 0.3) is 0 Å². The number of rotatable bonds is 3. The molecule has 0 amide bonds. The highest BCUT2D eigenvalue weighted by Crippen LogP contribution is 2.25. The maximum Gasteiger partial charge on any atom is 0.155 e. The lowest BCUT2D eigenvalue weighted by Gasteiger charge is -2.35. The Balaban J connectivity index is 1.97. The van der Waals surface area contributed by atoms with E-state index < -0.39 is 5.60 Å². The minimum absolute atomic E-state index is 0.399. The molecule has 17 heavy (non-hydrogen) atoms. The molecule has 1 aliphatic heterocycles. The molecule has 96 valence electrons. The van der Waals surface area contributed by atoms with Gasteiger partial charge in [0.25, 0.3) is 0 Å². The largest absolute Gasteiger partial charge is 0.389 e. The van der Waals surface area contributed by atoms with Gasteiger partial charge in [0.2, 0.25) is 0 Å². The Bertz CT molecular complexity index is 369. The molecular formula is C12H22N4O. The summed E-state index contributed by atoms with van der Waals surface area (Å²) >= 11 is 0. The Morgan fingerprint density at radius 1 is 1.53 bits per heavy atom. The van der Waals surface area contributed by atoms with Crippen LogP contribution in [0.1, 0.15) is 44.3 Å². The first kappa shape index (κ1) is 12.5. The monoisotopic (exact) mass is 238 g/mol. The summed E-state index contributed by atoms with van der Waals surface area (Å²) in [6.07, 6.45) is 2.29. The van der Waals surface area contributed by atoms with Gasteiger partial charge in [0, 0.05) is 19.0 Å². The number of aromatic amines is 1. The van der Waals surface area contributed by atoms with Crippen molar-refractivity contribution in [3.05, 3.63) is 11.6 Å². The normalized spacial score (nSPS) is 22.9. The Labute approximate surface area is 102 Å². The summed E-state index contributed by atoms with van der Waals surface area (Å²) < 4.78 is 0. The smallest absolute Gasteiger partial charge is 0.155 e. The van der Waals surface area contributed by atoms with Gasteiger partial charge < -0.3 is 5.11 Å². The quantitative estimate of drug-likeness (QED) is 0.826. The van der Waals surface area contributed by atoms with Crippen molar-refractivity contribution in [1.82, 2.24) is 20.1 Å². The van der Waals surface area contributed by atoms with E-state index in [0.717, 1.165) is 37.6 Å². The van der Waals surface area contributed by atoms with Gasteiger partial charge in [-0.15, -0.1) is 0 Å². The fraction of sp³-hybridized carbons (Fsp3) is 0.833. The van der Waals surface area contributed by atoms with E-state index in [0.29, 0.717) is 12.5 Å². The van der Waals surface area contributed by atoms with Crippen molar-refractivity contribution in [1.29, 1.82) is 0 Å². The number of aliphatic hydroxyl groups is 1. The van der Waals surface area contributed by atoms with Crippen molar-refractivity contribution in [2.75, 3.05) is 19.6 Å². The lowest BCUT2D eigenvalue weighted by molar-refractivity contribution is 0.0267. The predicted molar refractivity (Wildman–Crippen MR) is 65.8 cm³/mol. The summed E-state index contributed by atoms with van der Waals surface area (Å²) in [7, 11) is 0. The Morgan fingerprint density at radius 2 is 2.29 bits per heavy atom. The van der Waals surface area contributed by atoms with E-state index in [-0.39, 0.29) is 0 Å². The first-order chi connectivity index (χ1) is 7.94. The highest BCUT2D eigenvalue weighted by atomic mass is 16.3. The second-order valence-electron chi connectivity index (χ2n) is 5.67. The molecule has 1 atom stereocenters. The third-order valence-electron chi connectivity index (χ3n) is 3.10. The van der Waals surface area contributed by atoms with Crippen LogP contribution in [0.5, 0.6) is 0 Å². The van der Waals surface area contributed by atoms with Gasteiger partial charge in [0.05, 0.1) is 5.60 Å². The van der Waals surface area contributed by atoms with Crippen molar-refractivity contribution in [2.45, 2.75) is 45.1 Å². The number of likely N-dealkylation sites (tertiary alicyclic amines) is 1. The SMILES string of the molecule is Cc1nc(C2CCCN(CC(C)(C)O)C2)n[nH]1. The molecule has 1 fully saturated rings. The van der Waals surface area contributed by atoms with Gasteiger partial charge in [0.15, 0.2) is 5.82 Å². The molecule has 1 aromatic heterocycles. The van der Waals surface area contributed by atoms with E-state index in [9.17, 15) is 5.11 Å². The topological polar surface area (TPSA) is 65.0 Å². The van der Waals surface area contributed by atoms with E-state index in [1.54, 1.807) is 0 Å². The predicted octanol–water partition coefficient (Wildman–Crippen LogP) is 1.06. The van der Waals surface area contributed by atoms with Crippen molar-refractivity contribution in [2.24, 2.45) is 0 Å². The van der Waals surface area contributed by atoms with E-state index in [1.807, 2.05) is 20.8 Å². The van der Waals surface area contributed by atoms with Crippen molar-refractivity contribution >= 4 is 0 Å². The second kappa shape index (κ2) is 4.74. The van der Waals surface area contributed by atoms with Crippen molar-refractivity contribution in [3.8, 4) is 0 Å². The first-order valence-corrected chi connectivity index (χ1v) is 6.28. The molecule has 1 unspecified atom stereocenters. The zero-order valence-electron chi connectivity index (χ0n) is 10.9. The summed E-state index contributed by atoms with van der Waals surface area (Å²) in [5.41, 5.74) is -0.628. The van der Waals surface area contributed by atoms with Crippen LogP contribution >= 0.6 is 0 Å². The molecule has 5 heteroatoms. The fourth-order valence-electron chi connectivity index (χ4n) is 2.50. The number of H-pyrrole nitrogens is 1. The third-order valence-corrected chi connectivity index (χ3v) is 3.10. The maximum absolute atomic E-state index is 9.85. The summed E-state index contributed by atoms with van der Waals surface area (Å²) in [6, 6.07) is 0. The number of hydrogen-bond acceptors (Lipinski definition) is 4. The van der Waals surface area contributed by atoms with Crippen LogP contribution in [0.2, 0.25) is 0 Å². The van der Waals surface area contributed by atoms with E-state index in [1.165, 1.54) is 0 Å². The van der Waals surface area contributed by atoms with Gasteiger partial charge in [-0.25, -0.2) is 4.98 Å². The average molecular weight is 238 g/mol. The summed E-state index contributed by atoms with van der Waals surface area (Å²) in [5.74, 6) is 2.19. The Morgan fingerprint density at radius 3 is 2.88 bits per heavy atom. The summed E-state index contributed by atoms with van der Waals surface area (Å²) in [5, 5.41) is 17.0. The third kappa shape index (κ3) is 3.51. The molecule has 0 spiro atoms. The first-order valence-electron chi connectivity index (χ1n) is 6.28. The molecule has 1 saturated heterocycles. The van der Waals surface area contributed by atoms with Crippen LogP contribution in [0.15, 0.2) is 0 Å². The summed E-state index contributed by atoms with van der Waals surface area (Å²) in [4.78, 5) is 6.71. The molecular weight excluding hydrogens is 216 g/mol. The van der Waals surface area contributed by atoms with Gasteiger partial charge in [-0.05, 0) is 40.2 Å². The van der Waals surface area contributed by atoms with Crippen LogP contribution in [0, 0.1) is 6.92 Å².